The molecule has 36 heavy (non-hydrogen) atoms. The van der Waals surface area contributed by atoms with Crippen LogP contribution in [0.2, 0.25) is 17.1 Å². The number of nitrogens with zero attached hydrogens (tertiary/aromatic N) is 1. The number of rotatable bonds is 17. The fourth-order valence-electron chi connectivity index (χ4n) is 4.67. The van der Waals surface area contributed by atoms with Crippen LogP contribution < -0.4 is 9.47 Å². The lowest BCUT2D eigenvalue weighted by atomic mass is 10.1. The molecule has 0 fully saturated rings. The van der Waals surface area contributed by atoms with Gasteiger partial charge in [0, 0.05) is 18.6 Å². The molecule has 0 unspecified atom stereocenters. The quantitative estimate of drug-likeness (QED) is 0.120. The monoisotopic (exact) mass is 507 g/mol. The molecule has 0 aromatic heterocycles. The molecule has 0 aliphatic heterocycles. The van der Waals surface area contributed by atoms with E-state index < -0.39 is 8.07 Å². The summed E-state index contributed by atoms with van der Waals surface area (Å²) in [7, 11) is -1.97. The molecule has 1 aromatic carbocycles. The second kappa shape index (κ2) is 18.0. The van der Waals surface area contributed by atoms with Gasteiger partial charge in [-0.2, -0.15) is 5.26 Å². The van der Waals surface area contributed by atoms with Crippen molar-refractivity contribution in [1.29, 1.82) is 5.26 Å². The van der Waals surface area contributed by atoms with Crippen molar-refractivity contribution in [3.8, 4) is 41.4 Å². The summed E-state index contributed by atoms with van der Waals surface area (Å²) in [6, 6.07) is 7.29. The molecule has 0 saturated heterocycles. The average molecular weight is 508 g/mol. The van der Waals surface area contributed by atoms with E-state index >= 15 is 0 Å². The van der Waals surface area contributed by atoms with E-state index in [-0.39, 0.29) is 0 Å². The fraction of sp³-hybridized carbons (Fsp3) is 0.656. The van der Waals surface area contributed by atoms with Crippen molar-refractivity contribution in [3.63, 3.8) is 0 Å². The Morgan fingerprint density at radius 2 is 1.33 bits per heavy atom. The molecule has 0 saturated carbocycles. The molecule has 0 spiro atoms. The first kappa shape index (κ1) is 31.7. The van der Waals surface area contributed by atoms with Crippen LogP contribution in [-0.4, -0.2) is 21.3 Å². The van der Waals surface area contributed by atoms with Crippen molar-refractivity contribution >= 4 is 8.07 Å². The molecule has 0 aliphatic carbocycles. The topological polar surface area (TPSA) is 42.2 Å². The van der Waals surface area contributed by atoms with E-state index in [1.807, 2.05) is 12.1 Å². The van der Waals surface area contributed by atoms with Gasteiger partial charge in [0.2, 0.25) is 0 Å². The second-order valence-corrected chi connectivity index (χ2v) is 15.6. The van der Waals surface area contributed by atoms with E-state index in [1.54, 1.807) is 0 Å². The number of hydrogen-bond acceptors (Lipinski definition) is 3. The number of benzene rings is 1. The van der Waals surface area contributed by atoms with Gasteiger partial charge in [0.05, 0.1) is 30.4 Å². The normalized spacial score (nSPS) is 11.1. The van der Waals surface area contributed by atoms with Crippen molar-refractivity contribution in [2.75, 3.05) is 13.2 Å². The highest BCUT2D eigenvalue weighted by atomic mass is 28.3. The van der Waals surface area contributed by atoms with Crippen molar-refractivity contribution in [2.45, 2.75) is 123 Å². The van der Waals surface area contributed by atoms with Gasteiger partial charge in [-0.1, -0.05) is 91.9 Å². The summed E-state index contributed by atoms with van der Waals surface area (Å²) in [6.45, 7) is 14.9. The summed E-state index contributed by atoms with van der Waals surface area (Å²) in [5, 5.41) is 9.10. The summed E-state index contributed by atoms with van der Waals surface area (Å²) in [4.78, 5) is 0. The molecule has 0 aliphatic rings. The first-order valence-corrected chi connectivity index (χ1v) is 16.5. The molecule has 0 N–H and O–H groups in total. The smallest absolute Gasteiger partial charge is 0.143 e. The van der Waals surface area contributed by atoms with Crippen LogP contribution in [0.4, 0.5) is 0 Å². The molecule has 1 aromatic rings. The van der Waals surface area contributed by atoms with Crippen LogP contribution in [0.3, 0.4) is 0 Å². The highest BCUT2D eigenvalue weighted by Crippen LogP contribution is 2.37. The van der Waals surface area contributed by atoms with E-state index in [0.717, 1.165) is 60.8 Å². The van der Waals surface area contributed by atoms with Crippen molar-refractivity contribution < 1.29 is 9.47 Å². The zero-order chi connectivity index (χ0) is 26.8. The first-order chi connectivity index (χ1) is 17.4. The molecule has 4 heteroatoms. The Bertz CT molecular complexity index is 903. The maximum atomic E-state index is 9.10. The Kier molecular flexibility index (Phi) is 15.8. The summed E-state index contributed by atoms with van der Waals surface area (Å²) in [5.41, 5.74) is 6.40. The van der Waals surface area contributed by atoms with E-state index in [1.165, 1.54) is 25.7 Å². The van der Waals surface area contributed by atoms with Crippen LogP contribution in [0.5, 0.6) is 11.5 Å². The zero-order valence-corrected chi connectivity index (χ0v) is 24.8. The molecule has 0 heterocycles. The van der Waals surface area contributed by atoms with Gasteiger partial charge >= 0.3 is 0 Å². The summed E-state index contributed by atoms with van der Waals surface area (Å²) >= 11 is 0. The summed E-state index contributed by atoms with van der Waals surface area (Å²) < 4.78 is 12.4. The molecule has 0 radical (unpaired) electrons. The lowest BCUT2D eigenvalue weighted by Gasteiger charge is -2.34. The third-order valence-electron chi connectivity index (χ3n) is 7.12. The fourth-order valence-corrected chi connectivity index (χ4v) is 8.99. The minimum Gasteiger partial charge on any atom is -0.492 e. The Morgan fingerprint density at radius 3 is 1.81 bits per heavy atom. The number of hydrogen-bond donors (Lipinski definition) is 0. The van der Waals surface area contributed by atoms with E-state index in [9.17, 15) is 0 Å². The summed E-state index contributed by atoms with van der Waals surface area (Å²) in [5.74, 6) is 7.83. The van der Waals surface area contributed by atoms with Crippen LogP contribution in [-0.2, 0) is 0 Å². The highest BCUT2D eigenvalue weighted by Gasteiger charge is 2.38. The van der Waals surface area contributed by atoms with Gasteiger partial charge in [-0.15, -0.1) is 12.0 Å². The number of unbranched alkanes of at least 4 members (excludes halogenated alkanes) is 7. The lowest BCUT2D eigenvalue weighted by molar-refractivity contribution is 0.295. The molecule has 3 nitrogen and oxygen atoms in total. The van der Waals surface area contributed by atoms with Gasteiger partial charge in [-0.3, -0.25) is 0 Å². The van der Waals surface area contributed by atoms with Crippen LogP contribution in [0, 0.1) is 35.1 Å². The van der Waals surface area contributed by atoms with Gasteiger partial charge in [-0.25, -0.2) is 0 Å². The van der Waals surface area contributed by atoms with E-state index in [2.05, 4.69) is 65.0 Å². The minimum atomic E-state index is -1.97. The van der Waals surface area contributed by atoms with Crippen LogP contribution in [0.15, 0.2) is 12.1 Å². The third-order valence-corrected chi connectivity index (χ3v) is 13.0. The molecule has 0 amide bonds. The SMILES string of the molecule is C#Cc1cc(OCCCCCC)c(C#C[Si](CCCC#N)(C(C)C)C(C)C)cc1OCCCCCC. The van der Waals surface area contributed by atoms with Gasteiger partial charge in [0.15, 0.2) is 0 Å². The molecule has 198 valence electrons. The van der Waals surface area contributed by atoms with Gasteiger partial charge in [0.25, 0.3) is 0 Å². The van der Waals surface area contributed by atoms with Crippen molar-refractivity contribution in [1.82, 2.24) is 0 Å². The highest BCUT2D eigenvalue weighted by molar-refractivity contribution is 6.89. The van der Waals surface area contributed by atoms with E-state index in [4.69, 9.17) is 21.2 Å². The molecular formula is C32H49NO2Si. The first-order valence-electron chi connectivity index (χ1n) is 14.2. The third kappa shape index (κ3) is 10.3. The largest absolute Gasteiger partial charge is 0.492 e. The predicted molar refractivity (Wildman–Crippen MR) is 156 cm³/mol. The number of ether oxygens (including phenoxy) is 2. The van der Waals surface area contributed by atoms with Crippen molar-refractivity contribution in [2.24, 2.45) is 0 Å². The number of terminal acetylenes is 1. The van der Waals surface area contributed by atoms with Crippen LogP contribution in [0.1, 0.15) is 117 Å². The maximum absolute atomic E-state index is 9.10. The minimum absolute atomic E-state index is 0.501. The Balaban J connectivity index is 3.37. The number of nitriles is 1. The zero-order valence-electron chi connectivity index (χ0n) is 23.8. The summed E-state index contributed by atoms with van der Waals surface area (Å²) in [6.07, 6.45) is 16.6. The standard InChI is InChI=1S/C32H49NO2Si/c1-8-11-13-16-21-34-31-26-30(32(25-29(31)10-3)35-22-17-14-12-9-2)19-24-36(27(4)5,28(6)7)23-18-15-20-33/h3,25-28H,8-9,11-18,21-23H2,1-2,4-7H3. The molecule has 0 bridgehead atoms. The van der Waals surface area contributed by atoms with E-state index in [0.29, 0.717) is 30.7 Å². The lowest BCUT2D eigenvalue weighted by Crippen LogP contribution is -2.40. The van der Waals surface area contributed by atoms with Crippen LogP contribution in [0.25, 0.3) is 0 Å². The Hall–Kier alpha value is -2.35. The van der Waals surface area contributed by atoms with Gasteiger partial charge in [-0.05, 0) is 36.4 Å². The maximum Gasteiger partial charge on any atom is 0.143 e. The van der Waals surface area contributed by atoms with Gasteiger partial charge in [0.1, 0.15) is 19.6 Å². The Labute approximate surface area is 223 Å². The molecule has 0 atom stereocenters. The van der Waals surface area contributed by atoms with Gasteiger partial charge < -0.3 is 9.47 Å². The molecular weight excluding hydrogens is 458 g/mol. The van der Waals surface area contributed by atoms with Crippen molar-refractivity contribution in [3.05, 3.63) is 23.3 Å². The predicted octanol–water partition coefficient (Wildman–Crippen LogP) is 9.05. The van der Waals surface area contributed by atoms with Crippen LogP contribution >= 0.6 is 0 Å². The molecule has 1 rings (SSSR count). The Morgan fingerprint density at radius 1 is 0.806 bits per heavy atom. The average Bonchev–Trinajstić information content (AvgIpc) is 2.86. The second-order valence-electron chi connectivity index (χ2n) is 10.4.